The molecule has 1 unspecified atom stereocenters. The fourth-order valence-corrected chi connectivity index (χ4v) is 2.87. The number of hydrogen-bond donors (Lipinski definition) is 2. The molecule has 1 aromatic carbocycles. The third-order valence-electron chi connectivity index (χ3n) is 4.30. The molecule has 7 nitrogen and oxygen atoms in total. The van der Waals surface area contributed by atoms with Crippen LogP contribution in [0.1, 0.15) is 30.0 Å². The molecule has 3 rings (SSSR count). The third kappa shape index (κ3) is 4.08. The van der Waals surface area contributed by atoms with Crippen LogP contribution in [0, 0.1) is 12.7 Å². The predicted molar refractivity (Wildman–Crippen MR) is 94.4 cm³/mol. The van der Waals surface area contributed by atoms with Crippen LogP contribution in [-0.4, -0.2) is 34.8 Å². The van der Waals surface area contributed by atoms with Crippen LogP contribution in [-0.2, 0) is 21.4 Å². The molecular weight excluding hydrogens is 339 g/mol. The van der Waals surface area contributed by atoms with Crippen molar-refractivity contribution < 1.29 is 18.7 Å². The number of carbonyl (C=O) groups is 2. The highest BCUT2D eigenvalue weighted by Crippen LogP contribution is 2.26. The van der Waals surface area contributed by atoms with Gasteiger partial charge in [0.2, 0.25) is 0 Å². The van der Waals surface area contributed by atoms with Gasteiger partial charge in [0.25, 0.3) is 0 Å². The van der Waals surface area contributed by atoms with Gasteiger partial charge in [-0.2, -0.15) is 5.10 Å². The van der Waals surface area contributed by atoms with Gasteiger partial charge >= 0.3 is 11.8 Å². The van der Waals surface area contributed by atoms with Crippen molar-refractivity contribution in [1.29, 1.82) is 0 Å². The summed E-state index contributed by atoms with van der Waals surface area (Å²) in [6.45, 7) is 3.11. The zero-order valence-electron chi connectivity index (χ0n) is 14.7. The summed E-state index contributed by atoms with van der Waals surface area (Å²) in [7, 11) is 1.68. The molecule has 1 saturated heterocycles. The molecule has 0 saturated carbocycles. The molecule has 2 N–H and O–H groups in total. The lowest BCUT2D eigenvalue weighted by atomic mass is 9.99. The van der Waals surface area contributed by atoms with Crippen LogP contribution in [0.5, 0.6) is 0 Å². The maximum atomic E-state index is 13.7. The van der Waals surface area contributed by atoms with Gasteiger partial charge in [-0.15, -0.1) is 0 Å². The van der Waals surface area contributed by atoms with Crippen LogP contribution in [0.15, 0.2) is 24.3 Å². The Morgan fingerprint density at radius 3 is 2.77 bits per heavy atom. The van der Waals surface area contributed by atoms with Gasteiger partial charge in [-0.1, -0.05) is 6.07 Å². The summed E-state index contributed by atoms with van der Waals surface area (Å²) in [6, 6.07) is 6.02. The first-order valence-corrected chi connectivity index (χ1v) is 8.44. The highest BCUT2D eigenvalue weighted by Gasteiger charge is 2.22. The minimum atomic E-state index is -0.946. The Morgan fingerprint density at radius 2 is 2.04 bits per heavy atom. The lowest BCUT2D eigenvalue weighted by molar-refractivity contribution is -0.133. The number of carbonyl (C=O) groups excluding carboxylic acids is 2. The van der Waals surface area contributed by atoms with Gasteiger partial charge in [-0.3, -0.25) is 14.3 Å². The first kappa shape index (κ1) is 18.1. The molecule has 26 heavy (non-hydrogen) atoms. The van der Waals surface area contributed by atoms with Gasteiger partial charge in [0.1, 0.15) is 11.6 Å². The maximum Gasteiger partial charge on any atom is 0.315 e. The first-order valence-electron chi connectivity index (χ1n) is 8.44. The second kappa shape index (κ2) is 7.65. The molecule has 138 valence electrons. The maximum absolute atomic E-state index is 13.7. The van der Waals surface area contributed by atoms with E-state index in [1.165, 1.54) is 16.8 Å². The van der Waals surface area contributed by atoms with Crippen molar-refractivity contribution in [2.75, 3.05) is 23.8 Å². The van der Waals surface area contributed by atoms with E-state index in [2.05, 4.69) is 15.7 Å². The third-order valence-corrected chi connectivity index (χ3v) is 4.30. The normalized spacial score (nSPS) is 17.0. The van der Waals surface area contributed by atoms with Gasteiger partial charge in [0, 0.05) is 25.6 Å². The minimum absolute atomic E-state index is 0.0322. The summed E-state index contributed by atoms with van der Waals surface area (Å²) >= 11 is 0. The molecule has 1 aliphatic heterocycles. The van der Waals surface area contributed by atoms with E-state index >= 15 is 0 Å². The Balaban J connectivity index is 1.66. The Bertz CT molecular complexity index is 828. The average molecular weight is 360 g/mol. The summed E-state index contributed by atoms with van der Waals surface area (Å²) in [5.41, 5.74) is 1.55. The molecular formula is C18H21FN4O3. The highest BCUT2D eigenvalue weighted by molar-refractivity contribution is 6.43. The van der Waals surface area contributed by atoms with Crippen LogP contribution >= 0.6 is 0 Å². The van der Waals surface area contributed by atoms with Gasteiger partial charge in [-0.25, -0.2) is 4.39 Å². The number of nitrogens with zero attached hydrogens (tertiary/aromatic N) is 2. The monoisotopic (exact) mass is 360 g/mol. The number of halogens is 1. The number of hydrogen-bond acceptors (Lipinski definition) is 4. The molecule has 0 bridgehead atoms. The van der Waals surface area contributed by atoms with Crippen LogP contribution in [0.25, 0.3) is 0 Å². The molecule has 1 aliphatic rings. The number of nitrogens with one attached hydrogen (secondary N) is 2. The average Bonchev–Trinajstić information content (AvgIpc) is 2.99. The van der Waals surface area contributed by atoms with Crippen LogP contribution in [0.2, 0.25) is 0 Å². The van der Waals surface area contributed by atoms with E-state index in [0.717, 1.165) is 30.7 Å². The predicted octanol–water partition coefficient (Wildman–Crippen LogP) is 2.34. The van der Waals surface area contributed by atoms with Gasteiger partial charge in [0.05, 0.1) is 18.0 Å². The van der Waals surface area contributed by atoms with E-state index in [-0.39, 0.29) is 11.6 Å². The van der Waals surface area contributed by atoms with E-state index in [1.54, 1.807) is 26.1 Å². The highest BCUT2D eigenvalue weighted by atomic mass is 19.1. The summed E-state index contributed by atoms with van der Waals surface area (Å²) in [4.78, 5) is 24.2. The SMILES string of the molecule is Cc1ccc(F)c(NC(=O)C(=O)Nc2cc(C3CCCOC3)nn2C)c1. The Labute approximate surface area is 150 Å². The second-order valence-corrected chi connectivity index (χ2v) is 6.38. The van der Waals surface area contributed by atoms with E-state index in [0.29, 0.717) is 12.4 Å². The van der Waals surface area contributed by atoms with Crippen molar-refractivity contribution in [2.24, 2.45) is 7.05 Å². The molecule has 0 spiro atoms. The zero-order valence-corrected chi connectivity index (χ0v) is 14.7. The van der Waals surface area contributed by atoms with Crippen LogP contribution < -0.4 is 10.6 Å². The number of anilines is 2. The summed E-state index contributed by atoms with van der Waals surface area (Å²) in [6.07, 6.45) is 1.94. The van der Waals surface area contributed by atoms with Crippen molar-refractivity contribution >= 4 is 23.3 Å². The summed E-state index contributed by atoms with van der Waals surface area (Å²) < 4.78 is 20.7. The van der Waals surface area contributed by atoms with Gasteiger partial charge in [0.15, 0.2) is 0 Å². The number of aromatic nitrogens is 2. The number of rotatable bonds is 3. The molecule has 2 amide bonds. The molecule has 2 aromatic rings. The topological polar surface area (TPSA) is 85.2 Å². The largest absolute Gasteiger partial charge is 0.381 e. The molecule has 8 heteroatoms. The zero-order chi connectivity index (χ0) is 18.7. The number of amides is 2. The lowest BCUT2D eigenvalue weighted by Gasteiger charge is -2.19. The molecule has 1 fully saturated rings. The fraction of sp³-hybridized carbons (Fsp3) is 0.389. The van der Waals surface area contributed by atoms with Crippen molar-refractivity contribution in [1.82, 2.24) is 9.78 Å². The first-order chi connectivity index (χ1) is 12.4. The fourth-order valence-electron chi connectivity index (χ4n) is 2.87. The quantitative estimate of drug-likeness (QED) is 0.823. The Kier molecular flexibility index (Phi) is 5.32. The van der Waals surface area contributed by atoms with Crippen molar-refractivity contribution in [3.8, 4) is 0 Å². The Hall–Kier alpha value is -2.74. The van der Waals surface area contributed by atoms with Crippen molar-refractivity contribution in [3.05, 3.63) is 41.3 Å². The molecule has 0 radical (unpaired) electrons. The molecule has 0 aliphatic carbocycles. The van der Waals surface area contributed by atoms with Crippen molar-refractivity contribution in [3.63, 3.8) is 0 Å². The van der Waals surface area contributed by atoms with E-state index in [4.69, 9.17) is 4.74 Å². The Morgan fingerprint density at radius 1 is 1.27 bits per heavy atom. The van der Waals surface area contributed by atoms with Gasteiger partial charge < -0.3 is 15.4 Å². The smallest absolute Gasteiger partial charge is 0.315 e. The van der Waals surface area contributed by atoms with E-state index < -0.39 is 17.6 Å². The summed E-state index contributed by atoms with van der Waals surface area (Å²) in [5, 5.41) is 9.18. The number of benzene rings is 1. The van der Waals surface area contributed by atoms with Crippen LogP contribution in [0.4, 0.5) is 15.9 Å². The van der Waals surface area contributed by atoms with Gasteiger partial charge in [-0.05, 0) is 37.5 Å². The molecule has 1 atom stereocenters. The standard InChI is InChI=1S/C18H21FN4O3/c1-11-5-6-13(19)15(8-11)20-17(24)18(25)21-16-9-14(22-23(16)2)12-4-3-7-26-10-12/h5-6,8-9,12H,3-4,7,10H2,1-2H3,(H,20,24)(H,21,25). The number of ether oxygens (including phenoxy) is 1. The number of aryl methyl sites for hydroxylation is 2. The second-order valence-electron chi connectivity index (χ2n) is 6.38. The van der Waals surface area contributed by atoms with E-state index in [1.807, 2.05) is 0 Å². The lowest BCUT2D eigenvalue weighted by Crippen LogP contribution is -2.30. The molecule has 2 heterocycles. The van der Waals surface area contributed by atoms with Crippen LogP contribution in [0.3, 0.4) is 0 Å². The van der Waals surface area contributed by atoms with E-state index in [9.17, 15) is 14.0 Å². The molecule has 1 aromatic heterocycles. The minimum Gasteiger partial charge on any atom is -0.381 e. The van der Waals surface area contributed by atoms with Crippen molar-refractivity contribution in [2.45, 2.75) is 25.7 Å². The summed E-state index contributed by atoms with van der Waals surface area (Å²) in [5.74, 6) is -1.86.